The molecule has 0 unspecified atom stereocenters. The molecule has 0 fully saturated rings. The molecule has 0 bridgehead atoms. The zero-order valence-corrected chi connectivity index (χ0v) is 20.7. The SMILES string of the molecule is COCCCNC(=O)c1c(NC(=O)CS(=O)(=O)CCCc2ccccc2)sc2c1CCCC2. The second-order valence-electron chi connectivity index (χ2n) is 8.25. The molecule has 1 aromatic heterocycles. The van der Waals surface area contributed by atoms with Gasteiger partial charge < -0.3 is 15.4 Å². The van der Waals surface area contributed by atoms with Crippen molar-refractivity contribution >= 4 is 38.0 Å². The van der Waals surface area contributed by atoms with Crippen molar-refractivity contribution in [2.45, 2.75) is 44.9 Å². The van der Waals surface area contributed by atoms with E-state index in [1.54, 1.807) is 7.11 Å². The molecule has 1 aliphatic carbocycles. The molecule has 1 aliphatic rings. The van der Waals surface area contributed by atoms with Gasteiger partial charge in [-0.1, -0.05) is 30.3 Å². The van der Waals surface area contributed by atoms with Gasteiger partial charge in [-0.15, -0.1) is 11.3 Å². The fraction of sp³-hybridized carbons (Fsp3) is 0.500. The second-order valence-corrected chi connectivity index (χ2v) is 11.5. The molecule has 0 saturated carbocycles. The number of anilines is 1. The van der Waals surface area contributed by atoms with Crippen molar-refractivity contribution in [2.24, 2.45) is 0 Å². The Bertz CT molecular complexity index is 1050. The van der Waals surface area contributed by atoms with Crippen LogP contribution >= 0.6 is 11.3 Å². The molecule has 33 heavy (non-hydrogen) atoms. The predicted molar refractivity (Wildman–Crippen MR) is 132 cm³/mol. The summed E-state index contributed by atoms with van der Waals surface area (Å²) >= 11 is 1.39. The Morgan fingerprint density at radius 1 is 1.09 bits per heavy atom. The molecule has 0 spiro atoms. The molecule has 2 N–H and O–H groups in total. The van der Waals surface area contributed by atoms with Gasteiger partial charge in [0.25, 0.3) is 5.91 Å². The van der Waals surface area contributed by atoms with Crippen LogP contribution in [0, 0.1) is 0 Å². The molecule has 7 nitrogen and oxygen atoms in total. The molecule has 1 heterocycles. The van der Waals surface area contributed by atoms with Crippen LogP contribution in [-0.2, 0) is 38.6 Å². The van der Waals surface area contributed by atoms with Crippen LogP contribution in [0.3, 0.4) is 0 Å². The highest BCUT2D eigenvalue weighted by Crippen LogP contribution is 2.38. The Morgan fingerprint density at radius 2 is 1.85 bits per heavy atom. The van der Waals surface area contributed by atoms with E-state index < -0.39 is 21.5 Å². The normalized spacial score (nSPS) is 13.4. The van der Waals surface area contributed by atoms with Gasteiger partial charge in [-0.05, 0) is 56.1 Å². The quantitative estimate of drug-likeness (QED) is 0.442. The first-order chi connectivity index (χ1) is 15.9. The summed E-state index contributed by atoms with van der Waals surface area (Å²) in [5.74, 6) is -1.46. The third kappa shape index (κ3) is 7.65. The molecular formula is C24H32N2O5S2. The topological polar surface area (TPSA) is 102 Å². The third-order valence-corrected chi connectivity index (χ3v) is 8.40. The van der Waals surface area contributed by atoms with Gasteiger partial charge in [0.1, 0.15) is 10.8 Å². The maximum absolute atomic E-state index is 12.9. The van der Waals surface area contributed by atoms with Crippen LogP contribution in [-0.4, -0.2) is 52.0 Å². The molecule has 0 aliphatic heterocycles. The summed E-state index contributed by atoms with van der Waals surface area (Å²) in [7, 11) is -1.94. The smallest absolute Gasteiger partial charge is 0.254 e. The number of thiophene rings is 1. The van der Waals surface area contributed by atoms with Gasteiger partial charge in [0.05, 0.1) is 11.3 Å². The van der Waals surface area contributed by atoms with Crippen molar-refractivity contribution in [2.75, 3.05) is 37.1 Å². The van der Waals surface area contributed by atoms with Crippen LogP contribution in [0.4, 0.5) is 5.00 Å². The van der Waals surface area contributed by atoms with E-state index >= 15 is 0 Å². The van der Waals surface area contributed by atoms with Crippen molar-refractivity contribution in [3.63, 3.8) is 0 Å². The summed E-state index contributed by atoms with van der Waals surface area (Å²) in [6.45, 7) is 1.02. The Balaban J connectivity index is 1.62. The van der Waals surface area contributed by atoms with Gasteiger partial charge in [0.15, 0.2) is 9.84 Å². The van der Waals surface area contributed by atoms with E-state index in [1.165, 1.54) is 11.3 Å². The fourth-order valence-corrected chi connectivity index (χ4v) is 6.48. The molecular weight excluding hydrogens is 460 g/mol. The zero-order valence-electron chi connectivity index (χ0n) is 19.0. The molecule has 1 aromatic carbocycles. The number of carbonyl (C=O) groups is 2. The Hall–Kier alpha value is -2.23. The van der Waals surface area contributed by atoms with Crippen molar-refractivity contribution < 1.29 is 22.7 Å². The summed E-state index contributed by atoms with van der Waals surface area (Å²) in [6.07, 6.45) is 5.51. The van der Waals surface area contributed by atoms with E-state index in [0.717, 1.165) is 41.7 Å². The molecule has 2 aromatic rings. The number of ether oxygens (including phenoxy) is 1. The summed E-state index contributed by atoms with van der Waals surface area (Å²) in [5.41, 5.74) is 2.54. The number of carbonyl (C=O) groups excluding carboxylic acids is 2. The summed E-state index contributed by atoms with van der Waals surface area (Å²) < 4.78 is 30.0. The number of aryl methyl sites for hydroxylation is 2. The Labute approximate surface area is 199 Å². The number of sulfone groups is 1. The highest BCUT2D eigenvalue weighted by Gasteiger charge is 2.27. The Kier molecular flexibility index (Phi) is 9.46. The first-order valence-electron chi connectivity index (χ1n) is 11.4. The first-order valence-corrected chi connectivity index (χ1v) is 14.0. The van der Waals surface area contributed by atoms with Gasteiger partial charge in [-0.25, -0.2) is 8.42 Å². The van der Waals surface area contributed by atoms with Crippen molar-refractivity contribution in [3.8, 4) is 0 Å². The number of hydrogen-bond acceptors (Lipinski definition) is 6. The van der Waals surface area contributed by atoms with E-state index in [1.807, 2.05) is 30.3 Å². The van der Waals surface area contributed by atoms with Crippen LogP contribution in [0.2, 0.25) is 0 Å². The van der Waals surface area contributed by atoms with Crippen molar-refractivity contribution in [1.82, 2.24) is 5.32 Å². The largest absolute Gasteiger partial charge is 0.385 e. The molecule has 0 saturated heterocycles. The molecule has 9 heteroatoms. The third-order valence-electron chi connectivity index (χ3n) is 5.58. The lowest BCUT2D eigenvalue weighted by molar-refractivity contribution is -0.113. The summed E-state index contributed by atoms with van der Waals surface area (Å²) in [5, 5.41) is 6.08. The molecule has 0 atom stereocenters. The van der Waals surface area contributed by atoms with Gasteiger partial charge >= 0.3 is 0 Å². The average Bonchev–Trinajstić information content (AvgIpc) is 3.14. The average molecular weight is 493 g/mol. The van der Waals surface area contributed by atoms with Crippen LogP contribution < -0.4 is 10.6 Å². The summed E-state index contributed by atoms with van der Waals surface area (Å²) in [6, 6.07) is 9.67. The van der Waals surface area contributed by atoms with Gasteiger partial charge in [0.2, 0.25) is 5.91 Å². The number of hydrogen-bond donors (Lipinski definition) is 2. The van der Waals surface area contributed by atoms with Gasteiger partial charge in [0, 0.05) is 25.1 Å². The monoisotopic (exact) mass is 492 g/mol. The second kappa shape index (κ2) is 12.3. The minimum absolute atomic E-state index is 0.0525. The number of rotatable bonds is 12. The van der Waals surface area contributed by atoms with E-state index in [2.05, 4.69) is 10.6 Å². The standard InChI is InChI=1S/C24H32N2O5S2/c1-31-15-8-14-25-23(28)22-19-12-5-6-13-20(19)32-24(22)26-21(27)17-33(29,30)16-7-11-18-9-3-2-4-10-18/h2-4,9-10H,5-8,11-17H2,1H3,(H,25,28)(H,26,27). The minimum Gasteiger partial charge on any atom is -0.385 e. The van der Waals surface area contributed by atoms with Crippen LogP contribution in [0.1, 0.15) is 52.0 Å². The maximum Gasteiger partial charge on any atom is 0.254 e. The predicted octanol–water partition coefficient (Wildman–Crippen LogP) is 3.38. The van der Waals surface area contributed by atoms with E-state index in [9.17, 15) is 18.0 Å². The van der Waals surface area contributed by atoms with Crippen LogP contribution in [0.15, 0.2) is 30.3 Å². The van der Waals surface area contributed by atoms with Gasteiger partial charge in [-0.3, -0.25) is 9.59 Å². The number of benzene rings is 1. The zero-order chi connectivity index (χ0) is 23.7. The first kappa shape index (κ1) is 25.4. The minimum atomic E-state index is -3.55. The lowest BCUT2D eigenvalue weighted by Crippen LogP contribution is -2.29. The summed E-state index contributed by atoms with van der Waals surface area (Å²) in [4.78, 5) is 26.6. The Morgan fingerprint density at radius 3 is 2.61 bits per heavy atom. The van der Waals surface area contributed by atoms with E-state index in [0.29, 0.717) is 43.0 Å². The fourth-order valence-electron chi connectivity index (χ4n) is 3.98. The highest BCUT2D eigenvalue weighted by atomic mass is 32.2. The molecule has 2 amide bonds. The number of amides is 2. The number of methoxy groups -OCH3 is 1. The van der Waals surface area contributed by atoms with Crippen LogP contribution in [0.25, 0.3) is 0 Å². The van der Waals surface area contributed by atoms with E-state index in [-0.39, 0.29) is 11.7 Å². The van der Waals surface area contributed by atoms with Crippen LogP contribution in [0.5, 0.6) is 0 Å². The lowest BCUT2D eigenvalue weighted by Gasteiger charge is -2.13. The molecule has 3 rings (SSSR count). The molecule has 180 valence electrons. The van der Waals surface area contributed by atoms with Crippen molar-refractivity contribution in [3.05, 3.63) is 51.9 Å². The highest BCUT2D eigenvalue weighted by molar-refractivity contribution is 7.92. The number of fused-ring (bicyclic) bond motifs is 1. The van der Waals surface area contributed by atoms with Gasteiger partial charge in [-0.2, -0.15) is 0 Å². The van der Waals surface area contributed by atoms with E-state index in [4.69, 9.17) is 4.74 Å². The lowest BCUT2D eigenvalue weighted by atomic mass is 9.95. The molecule has 0 radical (unpaired) electrons. The number of nitrogens with one attached hydrogen (secondary N) is 2. The van der Waals surface area contributed by atoms with Crippen molar-refractivity contribution in [1.29, 1.82) is 0 Å². The maximum atomic E-state index is 12.9.